The fourth-order valence-electron chi connectivity index (χ4n) is 1.93. The molecule has 0 unspecified atom stereocenters. The largest absolute Gasteiger partial charge is 0.273 e. The Morgan fingerprint density at radius 1 is 1.38 bits per heavy atom. The molecule has 0 radical (unpaired) electrons. The monoisotopic (exact) mass is 216 g/mol. The van der Waals surface area contributed by atoms with Gasteiger partial charge in [0.1, 0.15) is 0 Å². The Kier molecular flexibility index (Phi) is 3.34. The summed E-state index contributed by atoms with van der Waals surface area (Å²) >= 11 is 0. The molecular weight excluding hydrogens is 200 g/mol. The summed E-state index contributed by atoms with van der Waals surface area (Å²) in [6.45, 7) is 1.82. The van der Waals surface area contributed by atoms with Crippen LogP contribution in [-0.2, 0) is 11.2 Å². The maximum absolute atomic E-state index is 11.1. The molecular formula is C13H16N2O. The number of hydrogen-bond acceptors (Lipinski definition) is 2. The van der Waals surface area contributed by atoms with E-state index in [9.17, 15) is 4.79 Å². The van der Waals surface area contributed by atoms with E-state index in [2.05, 4.69) is 22.7 Å². The fraction of sp³-hybridized carbons (Fsp3) is 0.385. The van der Waals surface area contributed by atoms with Crippen molar-refractivity contribution in [2.24, 2.45) is 5.10 Å². The number of carbonyl (C=O) groups excluding carboxylic acids is 1. The van der Waals surface area contributed by atoms with E-state index in [0.717, 1.165) is 25.0 Å². The van der Waals surface area contributed by atoms with Gasteiger partial charge in [-0.1, -0.05) is 31.2 Å². The third kappa shape index (κ3) is 2.30. The van der Waals surface area contributed by atoms with Gasteiger partial charge in [0.15, 0.2) is 0 Å². The molecule has 0 aliphatic heterocycles. The van der Waals surface area contributed by atoms with Crippen LogP contribution in [-0.4, -0.2) is 11.6 Å². The molecule has 0 aromatic heterocycles. The highest BCUT2D eigenvalue weighted by Crippen LogP contribution is 2.20. The van der Waals surface area contributed by atoms with Crippen molar-refractivity contribution in [1.82, 2.24) is 5.43 Å². The maximum atomic E-state index is 11.1. The van der Waals surface area contributed by atoms with Crippen LogP contribution in [0.15, 0.2) is 29.4 Å². The molecule has 0 atom stereocenters. The van der Waals surface area contributed by atoms with Gasteiger partial charge in [-0.3, -0.25) is 4.79 Å². The van der Waals surface area contributed by atoms with Crippen molar-refractivity contribution in [2.45, 2.75) is 32.6 Å². The number of nitrogens with zero attached hydrogens (tertiary/aromatic N) is 1. The lowest BCUT2D eigenvalue weighted by Crippen LogP contribution is -2.21. The minimum atomic E-state index is -0.0319. The van der Waals surface area contributed by atoms with Crippen molar-refractivity contribution < 1.29 is 4.79 Å². The van der Waals surface area contributed by atoms with Crippen LogP contribution in [0.1, 0.15) is 37.3 Å². The van der Waals surface area contributed by atoms with E-state index in [1.807, 2.05) is 19.1 Å². The van der Waals surface area contributed by atoms with Gasteiger partial charge in [-0.05, 0) is 24.8 Å². The van der Waals surface area contributed by atoms with Crippen LogP contribution >= 0.6 is 0 Å². The molecule has 1 aliphatic carbocycles. The first-order valence-electron chi connectivity index (χ1n) is 5.75. The predicted octanol–water partition coefficient (Wildman–Crippen LogP) is 2.25. The van der Waals surface area contributed by atoms with Gasteiger partial charge in [-0.15, -0.1) is 0 Å². The third-order valence-corrected chi connectivity index (χ3v) is 2.82. The second kappa shape index (κ2) is 4.92. The molecule has 0 spiro atoms. The Hall–Kier alpha value is -1.64. The summed E-state index contributed by atoms with van der Waals surface area (Å²) in [5.74, 6) is -0.0319. The van der Waals surface area contributed by atoms with Gasteiger partial charge in [0.2, 0.25) is 5.91 Å². The lowest BCUT2D eigenvalue weighted by atomic mass is 9.90. The second-order valence-electron chi connectivity index (χ2n) is 3.96. The molecule has 84 valence electrons. The van der Waals surface area contributed by atoms with Crippen molar-refractivity contribution >= 4 is 11.6 Å². The summed E-state index contributed by atoms with van der Waals surface area (Å²) in [4.78, 5) is 11.1. The van der Waals surface area contributed by atoms with Crippen LogP contribution in [0.2, 0.25) is 0 Å². The Bertz CT molecular complexity index is 424. The Morgan fingerprint density at radius 2 is 2.19 bits per heavy atom. The van der Waals surface area contributed by atoms with E-state index in [0.29, 0.717) is 6.42 Å². The molecule has 0 saturated heterocycles. The van der Waals surface area contributed by atoms with Crippen LogP contribution in [0.4, 0.5) is 0 Å². The molecule has 0 bridgehead atoms. The summed E-state index contributed by atoms with van der Waals surface area (Å²) < 4.78 is 0. The van der Waals surface area contributed by atoms with Crippen molar-refractivity contribution in [3.05, 3.63) is 35.4 Å². The van der Waals surface area contributed by atoms with Gasteiger partial charge in [0.25, 0.3) is 0 Å². The van der Waals surface area contributed by atoms with Gasteiger partial charge in [-0.2, -0.15) is 5.10 Å². The molecule has 3 heteroatoms. The smallest absolute Gasteiger partial charge is 0.239 e. The van der Waals surface area contributed by atoms with Gasteiger partial charge in [-0.25, -0.2) is 5.43 Å². The number of carbonyl (C=O) groups is 1. The van der Waals surface area contributed by atoms with Gasteiger partial charge < -0.3 is 0 Å². The first kappa shape index (κ1) is 10.9. The number of hydrogen-bond donors (Lipinski definition) is 1. The number of benzene rings is 1. The van der Waals surface area contributed by atoms with E-state index >= 15 is 0 Å². The van der Waals surface area contributed by atoms with E-state index in [1.54, 1.807) is 0 Å². The number of fused-ring (bicyclic) bond motifs is 1. The Balaban J connectivity index is 2.21. The highest BCUT2D eigenvalue weighted by Gasteiger charge is 2.14. The highest BCUT2D eigenvalue weighted by atomic mass is 16.2. The quantitative estimate of drug-likeness (QED) is 0.757. The lowest BCUT2D eigenvalue weighted by molar-refractivity contribution is -0.120. The number of rotatable bonds is 2. The Morgan fingerprint density at radius 3 is 3.00 bits per heavy atom. The zero-order valence-corrected chi connectivity index (χ0v) is 9.49. The third-order valence-electron chi connectivity index (χ3n) is 2.82. The zero-order valence-electron chi connectivity index (χ0n) is 9.49. The minimum absolute atomic E-state index is 0.0319. The molecule has 1 amide bonds. The summed E-state index contributed by atoms with van der Waals surface area (Å²) in [5, 5.41) is 4.21. The predicted molar refractivity (Wildman–Crippen MR) is 64.4 cm³/mol. The molecule has 1 aliphatic rings. The average Bonchev–Trinajstić information content (AvgIpc) is 2.35. The maximum Gasteiger partial charge on any atom is 0.239 e. The van der Waals surface area contributed by atoms with E-state index in [1.165, 1.54) is 11.1 Å². The van der Waals surface area contributed by atoms with Crippen molar-refractivity contribution in [3.63, 3.8) is 0 Å². The molecule has 1 N–H and O–H groups in total. The number of hydrazone groups is 1. The normalized spacial score (nSPS) is 16.9. The van der Waals surface area contributed by atoms with E-state index in [-0.39, 0.29) is 5.91 Å². The van der Waals surface area contributed by atoms with Crippen LogP contribution in [0.25, 0.3) is 0 Å². The van der Waals surface area contributed by atoms with Gasteiger partial charge >= 0.3 is 0 Å². The topological polar surface area (TPSA) is 41.5 Å². The number of aryl methyl sites for hydroxylation is 1. The van der Waals surface area contributed by atoms with Crippen molar-refractivity contribution in [3.8, 4) is 0 Å². The molecule has 16 heavy (non-hydrogen) atoms. The molecule has 3 nitrogen and oxygen atoms in total. The van der Waals surface area contributed by atoms with Crippen LogP contribution in [0, 0.1) is 0 Å². The lowest BCUT2D eigenvalue weighted by Gasteiger charge is -2.17. The van der Waals surface area contributed by atoms with E-state index in [4.69, 9.17) is 0 Å². The van der Waals surface area contributed by atoms with Gasteiger partial charge in [0.05, 0.1) is 5.71 Å². The van der Waals surface area contributed by atoms with Crippen LogP contribution in [0.3, 0.4) is 0 Å². The first-order valence-corrected chi connectivity index (χ1v) is 5.75. The summed E-state index contributed by atoms with van der Waals surface area (Å²) in [6, 6.07) is 8.27. The summed E-state index contributed by atoms with van der Waals surface area (Å²) in [6.07, 6.45) is 3.63. The second-order valence-corrected chi connectivity index (χ2v) is 3.96. The molecule has 1 aromatic carbocycles. The molecule has 1 aromatic rings. The van der Waals surface area contributed by atoms with Crippen LogP contribution < -0.4 is 5.43 Å². The van der Waals surface area contributed by atoms with Gasteiger partial charge in [0, 0.05) is 12.0 Å². The number of nitrogens with one attached hydrogen (secondary N) is 1. The van der Waals surface area contributed by atoms with Crippen molar-refractivity contribution in [1.29, 1.82) is 0 Å². The minimum Gasteiger partial charge on any atom is -0.273 e. The fourth-order valence-corrected chi connectivity index (χ4v) is 1.93. The SMILES string of the molecule is CCC(=O)N/N=C1\CCCc2ccccc21. The molecule has 0 fully saturated rings. The van der Waals surface area contributed by atoms with Crippen LogP contribution in [0.5, 0.6) is 0 Å². The molecule has 0 saturated carbocycles. The van der Waals surface area contributed by atoms with Crippen molar-refractivity contribution in [2.75, 3.05) is 0 Å². The molecule has 0 heterocycles. The summed E-state index contributed by atoms with van der Waals surface area (Å²) in [5.41, 5.74) is 6.11. The highest BCUT2D eigenvalue weighted by molar-refractivity contribution is 6.03. The number of amides is 1. The molecule has 2 rings (SSSR count). The standard InChI is InChI=1S/C13H16N2O/c1-2-13(16)15-14-12-9-5-7-10-6-3-4-8-11(10)12/h3-4,6,8H,2,5,7,9H2,1H3,(H,15,16)/b14-12+. The first-order chi connectivity index (χ1) is 7.81. The van der Waals surface area contributed by atoms with E-state index < -0.39 is 0 Å². The Labute approximate surface area is 95.6 Å². The zero-order chi connectivity index (χ0) is 11.4. The average molecular weight is 216 g/mol. The summed E-state index contributed by atoms with van der Waals surface area (Å²) in [7, 11) is 0.